The fourth-order valence-corrected chi connectivity index (χ4v) is 3.96. The number of amides is 1. The molecule has 0 saturated heterocycles. The second kappa shape index (κ2) is 5.15. The zero-order valence-corrected chi connectivity index (χ0v) is 13.4. The number of halogens is 1. The Hall–Kier alpha value is -0.870. The van der Waals surface area contributed by atoms with E-state index in [2.05, 4.69) is 22.0 Å². The lowest BCUT2D eigenvalue weighted by Gasteiger charge is -2.39. The van der Waals surface area contributed by atoms with Gasteiger partial charge in [-0.3, -0.25) is 4.79 Å². The Morgan fingerprint density at radius 1 is 1.45 bits per heavy atom. The van der Waals surface area contributed by atoms with Gasteiger partial charge >= 0.3 is 0 Å². The number of benzene rings is 1. The molecule has 2 aliphatic rings. The van der Waals surface area contributed by atoms with Crippen molar-refractivity contribution in [3.05, 3.63) is 28.2 Å². The number of anilines is 1. The van der Waals surface area contributed by atoms with Gasteiger partial charge in [-0.25, -0.2) is 0 Å². The third-order valence-electron chi connectivity index (χ3n) is 4.76. The van der Waals surface area contributed by atoms with E-state index in [0.717, 1.165) is 48.8 Å². The summed E-state index contributed by atoms with van der Waals surface area (Å²) in [4.78, 5) is 14.8. The van der Waals surface area contributed by atoms with Crippen molar-refractivity contribution in [3.63, 3.8) is 0 Å². The first kappa shape index (κ1) is 14.1. The quantitative estimate of drug-likeness (QED) is 0.855. The van der Waals surface area contributed by atoms with Gasteiger partial charge in [0.15, 0.2) is 0 Å². The summed E-state index contributed by atoms with van der Waals surface area (Å²) in [6.45, 7) is 2.82. The van der Waals surface area contributed by atoms with Crippen LogP contribution in [0, 0.1) is 5.92 Å². The summed E-state index contributed by atoms with van der Waals surface area (Å²) < 4.78 is 1.08. The van der Waals surface area contributed by atoms with Gasteiger partial charge in [0, 0.05) is 22.2 Å². The van der Waals surface area contributed by atoms with Crippen LogP contribution < -0.4 is 10.6 Å². The fraction of sp³-hybridized carbons (Fsp3) is 0.562. The van der Waals surface area contributed by atoms with Gasteiger partial charge in [-0.05, 0) is 49.9 Å². The van der Waals surface area contributed by atoms with E-state index in [1.165, 1.54) is 5.56 Å². The maximum absolute atomic E-state index is 12.9. The molecule has 0 radical (unpaired) electrons. The van der Waals surface area contributed by atoms with Crippen molar-refractivity contribution in [2.45, 2.75) is 44.6 Å². The highest BCUT2D eigenvalue weighted by Crippen LogP contribution is 2.37. The van der Waals surface area contributed by atoms with Crippen molar-refractivity contribution in [1.82, 2.24) is 0 Å². The Labute approximate surface area is 128 Å². The molecule has 3 rings (SSSR count). The van der Waals surface area contributed by atoms with Crippen LogP contribution in [0.2, 0.25) is 0 Å². The monoisotopic (exact) mass is 336 g/mol. The maximum Gasteiger partial charge on any atom is 0.231 e. The van der Waals surface area contributed by atoms with Crippen LogP contribution in [0.4, 0.5) is 5.69 Å². The minimum atomic E-state index is -0.354. The zero-order valence-electron chi connectivity index (χ0n) is 11.9. The number of nitrogens with two attached hydrogens (primary N) is 1. The smallest absolute Gasteiger partial charge is 0.231 e. The number of fused-ring (bicyclic) bond motifs is 1. The average molecular weight is 337 g/mol. The van der Waals surface area contributed by atoms with Gasteiger partial charge < -0.3 is 10.6 Å². The van der Waals surface area contributed by atoms with Gasteiger partial charge in [0.25, 0.3) is 0 Å². The third-order valence-corrected chi connectivity index (χ3v) is 5.25. The Morgan fingerprint density at radius 2 is 2.25 bits per heavy atom. The van der Waals surface area contributed by atoms with Crippen LogP contribution in [0.3, 0.4) is 0 Å². The normalized spacial score (nSPS) is 29.4. The van der Waals surface area contributed by atoms with E-state index in [1.54, 1.807) is 0 Å². The first-order valence-electron chi connectivity index (χ1n) is 7.38. The van der Waals surface area contributed by atoms with Crippen LogP contribution in [0.1, 0.15) is 38.2 Å². The number of carbonyl (C=O) groups is 1. The molecule has 1 aliphatic carbocycles. The van der Waals surface area contributed by atoms with Crippen molar-refractivity contribution in [2.75, 3.05) is 11.4 Å². The van der Waals surface area contributed by atoms with Crippen LogP contribution in [0.25, 0.3) is 0 Å². The van der Waals surface area contributed by atoms with Crippen LogP contribution >= 0.6 is 15.9 Å². The van der Waals surface area contributed by atoms with Gasteiger partial charge in [-0.15, -0.1) is 0 Å². The molecule has 2 N–H and O–H groups in total. The highest BCUT2D eigenvalue weighted by molar-refractivity contribution is 9.10. The number of hydrogen-bond donors (Lipinski definition) is 1. The van der Waals surface area contributed by atoms with Crippen molar-refractivity contribution in [2.24, 2.45) is 11.7 Å². The molecule has 4 heteroatoms. The molecule has 1 amide bonds. The van der Waals surface area contributed by atoms with E-state index in [1.807, 2.05) is 24.0 Å². The fourth-order valence-electron chi connectivity index (χ4n) is 3.55. The Balaban J connectivity index is 1.86. The minimum absolute atomic E-state index is 0.0363. The summed E-state index contributed by atoms with van der Waals surface area (Å²) in [6.07, 6.45) is 5.07. The van der Waals surface area contributed by atoms with E-state index < -0.39 is 0 Å². The Bertz CT molecular complexity index is 541. The van der Waals surface area contributed by atoms with Gasteiger partial charge in [0.05, 0.1) is 5.92 Å². The second-order valence-corrected chi connectivity index (χ2v) is 7.23. The SMILES string of the molecule is CC1(N)CCCCC1C(=O)N1CCc2cc(Br)ccc21. The molecule has 0 aromatic heterocycles. The molecule has 1 aromatic rings. The minimum Gasteiger partial charge on any atom is -0.325 e. The molecule has 0 bridgehead atoms. The lowest BCUT2D eigenvalue weighted by Crippen LogP contribution is -2.53. The van der Waals surface area contributed by atoms with Crippen molar-refractivity contribution >= 4 is 27.5 Å². The molecule has 1 saturated carbocycles. The molecule has 1 heterocycles. The Morgan fingerprint density at radius 3 is 3.00 bits per heavy atom. The second-order valence-electron chi connectivity index (χ2n) is 6.32. The molecule has 20 heavy (non-hydrogen) atoms. The summed E-state index contributed by atoms with van der Waals surface area (Å²) >= 11 is 3.49. The molecular formula is C16H21BrN2O. The number of carbonyl (C=O) groups excluding carboxylic acids is 1. The van der Waals surface area contributed by atoms with Crippen LogP contribution in [0.15, 0.2) is 22.7 Å². The highest BCUT2D eigenvalue weighted by Gasteiger charge is 2.41. The topological polar surface area (TPSA) is 46.3 Å². The van der Waals surface area contributed by atoms with E-state index in [4.69, 9.17) is 5.73 Å². The number of rotatable bonds is 1. The summed E-state index contributed by atoms with van der Waals surface area (Å²) in [5.74, 6) is 0.182. The predicted molar refractivity (Wildman–Crippen MR) is 84.7 cm³/mol. The van der Waals surface area contributed by atoms with Gasteiger partial charge in [0.2, 0.25) is 5.91 Å². The summed E-state index contributed by atoms with van der Waals surface area (Å²) in [5.41, 5.74) is 8.35. The first-order chi connectivity index (χ1) is 9.49. The molecule has 2 unspecified atom stereocenters. The molecule has 1 aliphatic heterocycles. The molecule has 1 aromatic carbocycles. The van der Waals surface area contributed by atoms with Gasteiger partial charge in [-0.1, -0.05) is 28.8 Å². The average Bonchev–Trinajstić information content (AvgIpc) is 2.80. The predicted octanol–water partition coefficient (Wildman–Crippen LogP) is 3.25. The van der Waals surface area contributed by atoms with E-state index >= 15 is 0 Å². The van der Waals surface area contributed by atoms with Crippen LogP contribution in [0.5, 0.6) is 0 Å². The summed E-state index contributed by atoms with van der Waals surface area (Å²) in [5, 5.41) is 0. The zero-order chi connectivity index (χ0) is 14.3. The molecule has 1 fully saturated rings. The van der Waals surface area contributed by atoms with Crippen LogP contribution in [-0.4, -0.2) is 18.0 Å². The molecule has 108 valence electrons. The molecular weight excluding hydrogens is 316 g/mol. The molecule has 0 spiro atoms. The van der Waals surface area contributed by atoms with E-state index in [0.29, 0.717) is 0 Å². The van der Waals surface area contributed by atoms with E-state index in [9.17, 15) is 4.79 Å². The van der Waals surface area contributed by atoms with Crippen molar-refractivity contribution in [1.29, 1.82) is 0 Å². The van der Waals surface area contributed by atoms with E-state index in [-0.39, 0.29) is 17.4 Å². The summed E-state index contributed by atoms with van der Waals surface area (Å²) in [6, 6.07) is 6.17. The molecule has 2 atom stereocenters. The van der Waals surface area contributed by atoms with Crippen molar-refractivity contribution < 1.29 is 4.79 Å². The largest absolute Gasteiger partial charge is 0.325 e. The highest BCUT2D eigenvalue weighted by atomic mass is 79.9. The number of nitrogens with zero attached hydrogens (tertiary/aromatic N) is 1. The lowest BCUT2D eigenvalue weighted by molar-refractivity contribution is -0.125. The lowest BCUT2D eigenvalue weighted by atomic mass is 9.74. The standard InChI is InChI=1S/C16H21BrN2O/c1-16(18)8-3-2-4-13(16)15(20)19-9-7-11-10-12(17)5-6-14(11)19/h5-6,10,13H,2-4,7-9,18H2,1H3. The van der Waals surface area contributed by atoms with Crippen LogP contribution in [-0.2, 0) is 11.2 Å². The Kier molecular flexibility index (Phi) is 3.63. The first-order valence-corrected chi connectivity index (χ1v) is 8.17. The van der Waals surface area contributed by atoms with Gasteiger partial charge in [0.1, 0.15) is 0 Å². The maximum atomic E-state index is 12.9. The van der Waals surface area contributed by atoms with Gasteiger partial charge in [-0.2, -0.15) is 0 Å². The van der Waals surface area contributed by atoms with Crippen molar-refractivity contribution in [3.8, 4) is 0 Å². The summed E-state index contributed by atoms with van der Waals surface area (Å²) in [7, 11) is 0. The third kappa shape index (κ3) is 2.40. The molecule has 3 nitrogen and oxygen atoms in total. The number of hydrogen-bond acceptors (Lipinski definition) is 2.